The molecule has 9 heteroatoms. The molecule has 9 nitrogen and oxygen atoms in total. The van der Waals surface area contributed by atoms with Crippen LogP contribution in [-0.2, 0) is 13.0 Å². The second-order valence-corrected chi connectivity index (χ2v) is 9.09. The van der Waals surface area contributed by atoms with E-state index in [4.69, 9.17) is 10.5 Å². The van der Waals surface area contributed by atoms with Gasteiger partial charge in [0.2, 0.25) is 5.95 Å². The number of aliphatic hydroxyl groups is 1. The molecule has 1 saturated carbocycles. The molecule has 33 heavy (non-hydrogen) atoms. The average molecular weight is 455 g/mol. The highest BCUT2D eigenvalue weighted by Crippen LogP contribution is 2.33. The molecule has 1 aromatic heterocycles. The van der Waals surface area contributed by atoms with Gasteiger partial charge in [0.15, 0.2) is 0 Å². The summed E-state index contributed by atoms with van der Waals surface area (Å²) in [6, 6.07) is 3.94. The Labute approximate surface area is 194 Å². The summed E-state index contributed by atoms with van der Waals surface area (Å²) in [5, 5.41) is 16.5. The molecule has 0 unspecified atom stereocenters. The largest absolute Gasteiger partial charge is 0.495 e. The van der Waals surface area contributed by atoms with Crippen LogP contribution in [0.4, 0.5) is 17.5 Å². The molecule has 178 valence electrons. The van der Waals surface area contributed by atoms with Crippen molar-refractivity contribution < 1.29 is 14.6 Å². The summed E-state index contributed by atoms with van der Waals surface area (Å²) in [5.74, 6) is 1.09. The Morgan fingerprint density at radius 2 is 2.09 bits per heavy atom. The van der Waals surface area contributed by atoms with Crippen LogP contribution >= 0.6 is 0 Å². The number of likely N-dealkylation sites (N-methyl/N-ethyl adjacent to an activating group) is 1. The van der Waals surface area contributed by atoms with Gasteiger partial charge in [0, 0.05) is 19.3 Å². The van der Waals surface area contributed by atoms with Crippen molar-refractivity contribution in [1.29, 1.82) is 0 Å². The van der Waals surface area contributed by atoms with E-state index in [1.165, 1.54) is 23.7 Å². The number of aromatic nitrogens is 2. The van der Waals surface area contributed by atoms with E-state index in [-0.39, 0.29) is 18.2 Å². The van der Waals surface area contributed by atoms with Gasteiger partial charge >= 0.3 is 0 Å². The van der Waals surface area contributed by atoms with Crippen molar-refractivity contribution in [3.63, 3.8) is 0 Å². The smallest absolute Gasteiger partial charge is 0.254 e. The highest BCUT2D eigenvalue weighted by Gasteiger charge is 2.25. The number of anilines is 3. The third kappa shape index (κ3) is 5.36. The van der Waals surface area contributed by atoms with E-state index in [1.807, 2.05) is 0 Å². The van der Waals surface area contributed by atoms with Crippen LogP contribution in [0, 0.1) is 5.92 Å². The zero-order valence-electron chi connectivity index (χ0n) is 19.4. The SMILES string of the molecule is COc1cc2c(cc1Nc1ncc(C(N)=O)c(N[C@H](CO)C3CCCCC3)n1)CN(C)CC2. The number of methoxy groups -OCH3 is 1. The first-order valence-corrected chi connectivity index (χ1v) is 11.7. The van der Waals surface area contributed by atoms with Crippen molar-refractivity contribution in [2.24, 2.45) is 11.7 Å². The molecule has 0 radical (unpaired) electrons. The van der Waals surface area contributed by atoms with Gasteiger partial charge in [-0.2, -0.15) is 4.98 Å². The van der Waals surface area contributed by atoms with E-state index in [1.54, 1.807) is 7.11 Å². The molecule has 1 fully saturated rings. The van der Waals surface area contributed by atoms with Crippen LogP contribution in [0.1, 0.15) is 53.6 Å². The van der Waals surface area contributed by atoms with E-state index in [0.717, 1.165) is 50.9 Å². The van der Waals surface area contributed by atoms with Gasteiger partial charge in [0.05, 0.1) is 31.0 Å². The number of aliphatic hydroxyl groups excluding tert-OH is 1. The summed E-state index contributed by atoms with van der Waals surface area (Å²) < 4.78 is 5.61. The van der Waals surface area contributed by atoms with Crippen molar-refractivity contribution in [2.75, 3.05) is 37.9 Å². The van der Waals surface area contributed by atoms with Crippen LogP contribution in [0.15, 0.2) is 18.3 Å². The number of hydrogen-bond acceptors (Lipinski definition) is 8. The third-order valence-electron chi connectivity index (χ3n) is 6.76. The Morgan fingerprint density at radius 3 is 2.79 bits per heavy atom. The maximum absolute atomic E-state index is 12.0. The molecule has 5 N–H and O–H groups in total. The molecule has 1 amide bonds. The number of carbonyl (C=O) groups is 1. The number of rotatable bonds is 8. The number of hydrogen-bond donors (Lipinski definition) is 4. The van der Waals surface area contributed by atoms with Crippen LogP contribution in [0.2, 0.25) is 0 Å². The minimum atomic E-state index is -0.612. The normalized spacial score (nSPS) is 17.8. The van der Waals surface area contributed by atoms with Crippen molar-refractivity contribution in [3.05, 3.63) is 35.0 Å². The zero-order chi connectivity index (χ0) is 23.4. The molecule has 0 saturated heterocycles. The number of ether oxygens (including phenoxy) is 1. The molecule has 4 rings (SSSR count). The van der Waals surface area contributed by atoms with Gasteiger partial charge in [0.25, 0.3) is 5.91 Å². The number of nitrogens with one attached hydrogen (secondary N) is 2. The summed E-state index contributed by atoms with van der Waals surface area (Å²) in [7, 11) is 3.75. The van der Waals surface area contributed by atoms with Crippen molar-refractivity contribution in [3.8, 4) is 5.75 Å². The second-order valence-electron chi connectivity index (χ2n) is 9.09. The van der Waals surface area contributed by atoms with Crippen LogP contribution in [0.25, 0.3) is 0 Å². The number of fused-ring (bicyclic) bond motifs is 1. The number of nitrogens with zero attached hydrogens (tertiary/aromatic N) is 3. The van der Waals surface area contributed by atoms with Crippen LogP contribution in [0.5, 0.6) is 5.75 Å². The van der Waals surface area contributed by atoms with Crippen molar-refractivity contribution in [2.45, 2.75) is 51.1 Å². The highest BCUT2D eigenvalue weighted by molar-refractivity contribution is 5.97. The molecular formula is C24H34N6O3. The van der Waals surface area contributed by atoms with E-state index in [0.29, 0.717) is 23.4 Å². The van der Waals surface area contributed by atoms with Gasteiger partial charge in [-0.25, -0.2) is 4.98 Å². The van der Waals surface area contributed by atoms with E-state index >= 15 is 0 Å². The van der Waals surface area contributed by atoms with E-state index in [2.05, 4.69) is 44.7 Å². The summed E-state index contributed by atoms with van der Waals surface area (Å²) >= 11 is 0. The summed E-state index contributed by atoms with van der Waals surface area (Å²) in [5.41, 5.74) is 9.06. The van der Waals surface area contributed by atoms with Crippen LogP contribution in [0.3, 0.4) is 0 Å². The Bertz CT molecular complexity index is 992. The predicted molar refractivity (Wildman–Crippen MR) is 128 cm³/mol. The molecule has 2 aromatic rings. The molecule has 1 aliphatic heterocycles. The first-order chi connectivity index (χ1) is 16.0. The summed E-state index contributed by atoms with van der Waals surface area (Å²) in [6.45, 7) is 1.84. The fourth-order valence-electron chi connectivity index (χ4n) is 4.87. The molecule has 1 atom stereocenters. The lowest BCUT2D eigenvalue weighted by molar-refractivity contribution is 0.1000. The topological polar surface area (TPSA) is 126 Å². The van der Waals surface area contributed by atoms with E-state index < -0.39 is 5.91 Å². The maximum atomic E-state index is 12.0. The van der Waals surface area contributed by atoms with Crippen molar-refractivity contribution >= 4 is 23.4 Å². The Morgan fingerprint density at radius 1 is 1.30 bits per heavy atom. The molecule has 2 heterocycles. The number of amides is 1. The molecule has 1 aromatic carbocycles. The molecule has 0 spiro atoms. The molecule has 2 aliphatic rings. The van der Waals surface area contributed by atoms with Crippen molar-refractivity contribution in [1.82, 2.24) is 14.9 Å². The van der Waals surface area contributed by atoms with Crippen LogP contribution in [-0.4, -0.2) is 59.2 Å². The molecule has 0 bridgehead atoms. The minimum absolute atomic E-state index is 0.0399. The van der Waals surface area contributed by atoms with Gasteiger partial charge in [-0.1, -0.05) is 19.3 Å². The lowest BCUT2D eigenvalue weighted by Crippen LogP contribution is -2.35. The Balaban J connectivity index is 1.61. The van der Waals surface area contributed by atoms with E-state index in [9.17, 15) is 9.90 Å². The number of benzene rings is 1. The number of carbonyl (C=O) groups excluding carboxylic acids is 1. The second kappa shape index (κ2) is 10.4. The summed E-state index contributed by atoms with van der Waals surface area (Å²) in [6.07, 6.45) is 8.01. The van der Waals surface area contributed by atoms with Gasteiger partial charge < -0.3 is 31.1 Å². The quantitative estimate of drug-likeness (QED) is 0.480. The number of primary amides is 1. The lowest BCUT2D eigenvalue weighted by Gasteiger charge is -2.30. The molecule has 1 aliphatic carbocycles. The number of nitrogens with two attached hydrogens (primary N) is 1. The standard InChI is InChI=1S/C24H34N6O3/c1-30-9-8-16-11-21(33-2)19(10-17(16)13-30)28-24-26-12-18(22(25)32)23(29-24)27-20(14-31)15-6-4-3-5-7-15/h10-12,15,20,31H,3-9,13-14H2,1-2H3,(H2,25,32)(H2,26,27,28,29)/t20-/m1/s1. The fourth-order valence-corrected chi connectivity index (χ4v) is 4.87. The summed E-state index contributed by atoms with van der Waals surface area (Å²) in [4.78, 5) is 23.2. The zero-order valence-corrected chi connectivity index (χ0v) is 19.4. The van der Waals surface area contributed by atoms with Gasteiger partial charge in [-0.05, 0) is 55.5 Å². The predicted octanol–water partition coefficient (Wildman–Crippen LogP) is 2.67. The maximum Gasteiger partial charge on any atom is 0.254 e. The molecular weight excluding hydrogens is 420 g/mol. The first-order valence-electron chi connectivity index (χ1n) is 11.7. The fraction of sp³-hybridized carbons (Fsp3) is 0.542. The van der Waals surface area contributed by atoms with Crippen LogP contribution < -0.4 is 21.1 Å². The monoisotopic (exact) mass is 454 g/mol. The van der Waals surface area contributed by atoms with Gasteiger partial charge in [-0.3, -0.25) is 4.79 Å². The third-order valence-corrected chi connectivity index (χ3v) is 6.76. The minimum Gasteiger partial charge on any atom is -0.495 e. The average Bonchev–Trinajstić information content (AvgIpc) is 2.82. The van der Waals surface area contributed by atoms with Gasteiger partial charge in [-0.15, -0.1) is 0 Å². The van der Waals surface area contributed by atoms with Gasteiger partial charge in [0.1, 0.15) is 11.6 Å². The first kappa shape index (κ1) is 23.3. The highest BCUT2D eigenvalue weighted by atomic mass is 16.5. The Kier molecular flexibility index (Phi) is 7.29. The Hall–Kier alpha value is -2.91. The lowest BCUT2D eigenvalue weighted by atomic mass is 9.84.